The van der Waals surface area contributed by atoms with E-state index in [0.717, 1.165) is 12.6 Å². The molecule has 0 aromatic carbocycles. The minimum Gasteiger partial charge on any atom is -0.380 e. The smallest absolute Gasteiger partial charge is 0.242 e. The molecule has 0 bridgehead atoms. The number of rotatable bonds is 8. The van der Waals surface area contributed by atoms with Gasteiger partial charge in [-0.3, -0.25) is 0 Å². The zero-order valence-electron chi connectivity index (χ0n) is 10.1. The Morgan fingerprint density at radius 1 is 1.42 bits per heavy atom. The van der Waals surface area contributed by atoms with Crippen LogP contribution in [0.4, 0.5) is 0 Å². The third-order valence-electron chi connectivity index (χ3n) is 2.09. The van der Waals surface area contributed by atoms with Gasteiger partial charge < -0.3 is 4.74 Å². The van der Waals surface area contributed by atoms with Gasteiger partial charge in [-0.15, -0.1) is 6.58 Å². The maximum atomic E-state index is 11.9. The van der Waals surface area contributed by atoms with E-state index in [2.05, 4.69) is 16.3 Å². The number of aromatic nitrogens is 1. The topological polar surface area (TPSA) is 68.3 Å². The molecule has 1 heterocycles. The highest BCUT2D eigenvalue weighted by Crippen LogP contribution is 2.21. The van der Waals surface area contributed by atoms with Crippen LogP contribution in [0.5, 0.6) is 0 Å². The third-order valence-corrected chi connectivity index (χ3v) is 4.20. The van der Waals surface area contributed by atoms with E-state index in [1.54, 1.807) is 6.08 Å². The quantitative estimate of drug-likeness (QED) is 0.452. The van der Waals surface area contributed by atoms with Gasteiger partial charge in [0.2, 0.25) is 10.0 Å². The van der Waals surface area contributed by atoms with Crippen molar-refractivity contribution < 1.29 is 13.2 Å². The van der Waals surface area contributed by atoms with Crippen molar-refractivity contribution >= 4 is 33.2 Å². The largest absolute Gasteiger partial charge is 0.380 e. The Bertz CT molecular complexity index is 535. The molecule has 0 saturated carbocycles. The Labute approximate surface area is 122 Å². The molecule has 106 valence electrons. The lowest BCUT2D eigenvalue weighted by Crippen LogP contribution is -2.27. The summed E-state index contributed by atoms with van der Waals surface area (Å²) in [6, 6.07) is 1.25. The van der Waals surface area contributed by atoms with Crippen LogP contribution in [0.25, 0.3) is 0 Å². The molecule has 8 heteroatoms. The Hall–Kier alpha value is -0.660. The summed E-state index contributed by atoms with van der Waals surface area (Å²) in [5, 5.41) is 0.153. The van der Waals surface area contributed by atoms with Gasteiger partial charge in [-0.2, -0.15) is 0 Å². The Morgan fingerprint density at radius 2 is 2.16 bits per heavy atom. The second-order valence-electron chi connectivity index (χ2n) is 3.53. The number of nitrogens with one attached hydrogen (secondary N) is 1. The first-order valence-corrected chi connectivity index (χ1v) is 7.70. The van der Waals surface area contributed by atoms with Crippen LogP contribution in [0.15, 0.2) is 29.8 Å². The first kappa shape index (κ1) is 16.4. The van der Waals surface area contributed by atoms with Gasteiger partial charge in [-0.1, -0.05) is 29.3 Å². The first-order valence-electron chi connectivity index (χ1n) is 5.46. The van der Waals surface area contributed by atoms with Gasteiger partial charge in [-0.25, -0.2) is 18.1 Å². The predicted molar refractivity (Wildman–Crippen MR) is 75.1 cm³/mol. The Kier molecular flexibility index (Phi) is 6.74. The number of hydrogen-bond acceptors (Lipinski definition) is 4. The van der Waals surface area contributed by atoms with Gasteiger partial charge in [0.15, 0.2) is 0 Å². The summed E-state index contributed by atoms with van der Waals surface area (Å²) in [4.78, 5) is 3.65. The van der Waals surface area contributed by atoms with Crippen LogP contribution in [0.3, 0.4) is 0 Å². The summed E-state index contributed by atoms with van der Waals surface area (Å²) in [6.07, 6.45) is 3.60. The molecule has 19 heavy (non-hydrogen) atoms. The summed E-state index contributed by atoms with van der Waals surface area (Å²) in [5.74, 6) is 0. The second-order valence-corrected chi connectivity index (χ2v) is 6.06. The number of pyridine rings is 1. The molecular formula is C11H14Cl2N2O3S. The molecule has 0 atom stereocenters. The van der Waals surface area contributed by atoms with Crippen molar-refractivity contribution in [3.05, 3.63) is 35.1 Å². The lowest BCUT2D eigenvalue weighted by Gasteiger charge is -2.07. The van der Waals surface area contributed by atoms with E-state index >= 15 is 0 Å². The molecular weight excluding hydrogens is 311 g/mol. The molecule has 0 aliphatic rings. The van der Waals surface area contributed by atoms with Crippen molar-refractivity contribution in [3.8, 4) is 0 Å². The average Bonchev–Trinajstić information content (AvgIpc) is 2.36. The van der Waals surface area contributed by atoms with Gasteiger partial charge in [-0.05, 0) is 12.5 Å². The fraction of sp³-hybridized carbons (Fsp3) is 0.364. The minimum atomic E-state index is -3.65. The predicted octanol–water partition coefficient (Wildman–Crippen LogP) is 2.26. The van der Waals surface area contributed by atoms with Crippen molar-refractivity contribution in [1.29, 1.82) is 0 Å². The molecule has 0 unspecified atom stereocenters. The monoisotopic (exact) mass is 324 g/mol. The van der Waals surface area contributed by atoms with Gasteiger partial charge >= 0.3 is 0 Å². The van der Waals surface area contributed by atoms with E-state index in [1.807, 2.05) is 0 Å². The second kappa shape index (κ2) is 7.81. The van der Waals surface area contributed by atoms with Gasteiger partial charge in [0.25, 0.3) is 0 Å². The molecule has 0 aliphatic heterocycles. The van der Waals surface area contributed by atoms with E-state index in [4.69, 9.17) is 27.9 Å². The first-order chi connectivity index (χ1) is 8.97. The third kappa shape index (κ3) is 5.46. The highest BCUT2D eigenvalue weighted by molar-refractivity contribution is 7.89. The van der Waals surface area contributed by atoms with Crippen LogP contribution < -0.4 is 4.72 Å². The van der Waals surface area contributed by atoms with Crippen molar-refractivity contribution in [1.82, 2.24) is 9.71 Å². The van der Waals surface area contributed by atoms with E-state index in [9.17, 15) is 8.42 Å². The Balaban J connectivity index is 2.51. The van der Waals surface area contributed by atoms with Crippen LogP contribution in [0.1, 0.15) is 6.42 Å². The van der Waals surface area contributed by atoms with E-state index < -0.39 is 10.0 Å². The molecule has 1 aromatic heterocycles. The maximum absolute atomic E-state index is 11.9. The minimum absolute atomic E-state index is 0.0343. The van der Waals surface area contributed by atoms with Gasteiger partial charge in [0.05, 0.1) is 18.2 Å². The highest BCUT2D eigenvalue weighted by Gasteiger charge is 2.15. The highest BCUT2D eigenvalue weighted by atomic mass is 35.5. The molecule has 5 nitrogen and oxygen atoms in total. The number of nitrogens with zero attached hydrogens (tertiary/aromatic N) is 1. The fourth-order valence-corrected chi connectivity index (χ4v) is 2.47. The summed E-state index contributed by atoms with van der Waals surface area (Å²) in [7, 11) is -3.65. The molecule has 0 radical (unpaired) electrons. The Morgan fingerprint density at radius 3 is 2.79 bits per heavy atom. The van der Waals surface area contributed by atoms with Crippen LogP contribution >= 0.6 is 23.2 Å². The molecule has 0 fully saturated rings. The number of halogens is 2. The fourth-order valence-electron chi connectivity index (χ4n) is 1.15. The number of hydrogen-bond donors (Lipinski definition) is 1. The lowest BCUT2D eigenvalue weighted by atomic mass is 10.5. The van der Waals surface area contributed by atoms with Crippen LogP contribution in [0, 0.1) is 0 Å². The number of sulfonamides is 1. The molecule has 1 rings (SSSR count). The molecule has 0 amide bonds. The van der Waals surface area contributed by atoms with E-state index in [1.165, 1.54) is 6.07 Å². The molecule has 0 spiro atoms. The molecule has 1 N–H and O–H groups in total. The van der Waals surface area contributed by atoms with Crippen molar-refractivity contribution in [2.45, 2.75) is 11.3 Å². The summed E-state index contributed by atoms with van der Waals surface area (Å²) in [5.41, 5.74) is 0. The van der Waals surface area contributed by atoms with Crippen LogP contribution in [0.2, 0.25) is 10.2 Å². The summed E-state index contributed by atoms with van der Waals surface area (Å²) >= 11 is 11.3. The molecule has 0 aliphatic carbocycles. The summed E-state index contributed by atoms with van der Waals surface area (Å²) < 4.78 is 31.3. The van der Waals surface area contributed by atoms with Gasteiger partial charge in [0, 0.05) is 12.7 Å². The molecule has 0 saturated heterocycles. The lowest BCUT2D eigenvalue weighted by molar-refractivity contribution is 0.144. The average molecular weight is 325 g/mol. The zero-order valence-corrected chi connectivity index (χ0v) is 12.4. The van der Waals surface area contributed by atoms with E-state index in [0.29, 0.717) is 6.61 Å². The summed E-state index contributed by atoms with van der Waals surface area (Å²) in [6.45, 7) is 4.51. The van der Waals surface area contributed by atoms with E-state index in [-0.39, 0.29) is 28.2 Å². The van der Waals surface area contributed by atoms with Gasteiger partial charge in [0.1, 0.15) is 10.0 Å². The van der Waals surface area contributed by atoms with Crippen molar-refractivity contribution in [2.75, 3.05) is 19.8 Å². The molecule has 1 aromatic rings. The standard InChI is InChI=1S/C11H14Cl2N2O3S/c1-2-3-5-18-6-4-15-19(16,17)9-7-10(12)11(13)14-8-9/h2,7-8,15H,1,3-6H2. The SMILES string of the molecule is C=CCCOCCNS(=O)(=O)c1cnc(Cl)c(Cl)c1. The number of ether oxygens (including phenoxy) is 1. The van der Waals surface area contributed by atoms with Crippen molar-refractivity contribution in [3.63, 3.8) is 0 Å². The van der Waals surface area contributed by atoms with Crippen LogP contribution in [-0.2, 0) is 14.8 Å². The van der Waals surface area contributed by atoms with Crippen LogP contribution in [-0.4, -0.2) is 33.2 Å². The normalized spacial score (nSPS) is 11.5. The maximum Gasteiger partial charge on any atom is 0.242 e. The zero-order chi connectivity index (χ0) is 14.3. The van der Waals surface area contributed by atoms with Crippen molar-refractivity contribution in [2.24, 2.45) is 0 Å².